The number of pyridine rings is 1. The zero-order valence-electron chi connectivity index (χ0n) is 18.8. The van der Waals surface area contributed by atoms with E-state index in [1.165, 1.54) is 18.9 Å². The standard InChI is InChI=1S/C23H25FN6.CH3F/c1-13-7-6-10-30(12-13)19-11-17-20(14(2)25-19)26-23(16-8-4-5-9-18(16)24)27-21-15(3)28-29-22(17)21;1-2/h4-5,8-9,11,13H,6-7,10,12H2,1-3H3,(H,26,27)(H,28,29);1H3. The molecule has 6 nitrogen and oxygen atoms in total. The number of nitrogens with zero attached hydrogens (tertiary/aromatic N) is 4. The largest absolute Gasteiger partial charge is 0.356 e. The maximum Gasteiger partial charge on any atom is 0.141 e. The molecule has 1 aromatic carbocycles. The minimum absolute atomic E-state index is 0.320. The summed E-state index contributed by atoms with van der Waals surface area (Å²) in [5.41, 5.74) is 5.35. The number of piperidine rings is 1. The van der Waals surface area contributed by atoms with Crippen molar-refractivity contribution < 1.29 is 8.78 Å². The molecule has 2 aliphatic heterocycles. The summed E-state index contributed by atoms with van der Waals surface area (Å²) in [4.78, 5) is 12.1. The number of amidine groups is 1. The van der Waals surface area contributed by atoms with Gasteiger partial charge in [-0.25, -0.2) is 14.4 Å². The molecule has 2 aliphatic rings. The number of hydrogen-bond acceptors (Lipinski definition) is 5. The van der Waals surface area contributed by atoms with Crippen LogP contribution in [0.25, 0.3) is 11.3 Å². The second-order valence-electron chi connectivity index (χ2n) is 8.29. The van der Waals surface area contributed by atoms with E-state index in [1.54, 1.807) is 12.1 Å². The molecule has 4 heterocycles. The topological polar surface area (TPSA) is 69.2 Å². The number of nitrogens with one attached hydrogen (secondary N) is 2. The Morgan fingerprint density at radius 1 is 1.12 bits per heavy atom. The number of aromatic amines is 1. The summed E-state index contributed by atoms with van der Waals surface area (Å²) in [6.07, 6.45) is 2.42. The first-order valence-electron chi connectivity index (χ1n) is 10.8. The van der Waals surface area contributed by atoms with E-state index in [-0.39, 0.29) is 5.82 Å². The fourth-order valence-electron chi connectivity index (χ4n) is 4.35. The predicted octanol–water partition coefficient (Wildman–Crippen LogP) is 5.55. The van der Waals surface area contributed by atoms with Gasteiger partial charge >= 0.3 is 0 Å². The van der Waals surface area contributed by atoms with Crippen LogP contribution in [0.5, 0.6) is 0 Å². The molecule has 0 amide bonds. The molecular formula is C24H28F2N6. The van der Waals surface area contributed by atoms with Gasteiger partial charge in [0.05, 0.1) is 35.5 Å². The van der Waals surface area contributed by atoms with Crippen LogP contribution in [-0.2, 0) is 0 Å². The molecular weight excluding hydrogens is 410 g/mol. The lowest BCUT2D eigenvalue weighted by molar-refractivity contribution is 0.444. The van der Waals surface area contributed by atoms with Crippen molar-refractivity contribution in [3.8, 4) is 11.3 Å². The number of aromatic nitrogens is 3. The number of halogens is 2. The van der Waals surface area contributed by atoms with Gasteiger partial charge in [0.2, 0.25) is 0 Å². The molecule has 0 radical (unpaired) electrons. The highest BCUT2D eigenvalue weighted by molar-refractivity contribution is 6.13. The third kappa shape index (κ3) is 3.97. The molecule has 1 fully saturated rings. The van der Waals surface area contributed by atoms with Gasteiger partial charge in [-0.1, -0.05) is 19.1 Å². The molecule has 2 N–H and O–H groups in total. The van der Waals surface area contributed by atoms with Crippen LogP contribution in [0.2, 0.25) is 0 Å². The second kappa shape index (κ2) is 9.06. The van der Waals surface area contributed by atoms with E-state index in [1.807, 2.05) is 19.9 Å². The van der Waals surface area contributed by atoms with Crippen molar-refractivity contribution in [3.05, 3.63) is 53.1 Å². The Kier molecular flexibility index (Phi) is 6.21. The predicted molar refractivity (Wildman–Crippen MR) is 125 cm³/mol. The van der Waals surface area contributed by atoms with E-state index in [0.717, 1.165) is 52.9 Å². The zero-order chi connectivity index (χ0) is 22.8. The Hall–Kier alpha value is -3.29. The van der Waals surface area contributed by atoms with Crippen molar-refractivity contribution >= 4 is 23.0 Å². The van der Waals surface area contributed by atoms with Gasteiger partial charge in [0.1, 0.15) is 23.2 Å². The number of aliphatic imine (C=N–C) groups is 1. The third-order valence-corrected chi connectivity index (χ3v) is 5.93. The first kappa shape index (κ1) is 21.9. The molecule has 32 heavy (non-hydrogen) atoms. The average molecular weight is 439 g/mol. The number of hydrogen-bond donors (Lipinski definition) is 2. The van der Waals surface area contributed by atoms with Crippen LogP contribution in [0.15, 0.2) is 35.3 Å². The van der Waals surface area contributed by atoms with Gasteiger partial charge in [0.15, 0.2) is 0 Å². The van der Waals surface area contributed by atoms with Crippen molar-refractivity contribution in [3.63, 3.8) is 0 Å². The fourth-order valence-corrected chi connectivity index (χ4v) is 4.35. The Labute approximate surface area is 186 Å². The van der Waals surface area contributed by atoms with Gasteiger partial charge < -0.3 is 10.2 Å². The van der Waals surface area contributed by atoms with Crippen LogP contribution in [0.1, 0.15) is 36.7 Å². The number of fused-ring (bicyclic) bond motifs is 3. The first-order valence-corrected chi connectivity index (χ1v) is 10.8. The van der Waals surface area contributed by atoms with E-state index in [9.17, 15) is 8.78 Å². The quantitative estimate of drug-likeness (QED) is 0.550. The van der Waals surface area contributed by atoms with Crippen molar-refractivity contribution in [2.24, 2.45) is 10.9 Å². The van der Waals surface area contributed by atoms with Gasteiger partial charge in [-0.3, -0.25) is 9.49 Å². The van der Waals surface area contributed by atoms with E-state index in [2.05, 4.69) is 33.4 Å². The van der Waals surface area contributed by atoms with Crippen LogP contribution in [-0.4, -0.2) is 41.3 Å². The van der Waals surface area contributed by atoms with Crippen LogP contribution >= 0.6 is 0 Å². The first-order chi connectivity index (χ1) is 15.5. The Morgan fingerprint density at radius 2 is 1.91 bits per heavy atom. The maximum atomic E-state index is 14.6. The molecule has 1 unspecified atom stereocenters. The Morgan fingerprint density at radius 3 is 2.66 bits per heavy atom. The Balaban J connectivity index is 0.00000119. The van der Waals surface area contributed by atoms with Gasteiger partial charge in [0, 0.05) is 18.7 Å². The molecule has 168 valence electrons. The smallest absolute Gasteiger partial charge is 0.141 e. The van der Waals surface area contributed by atoms with Crippen LogP contribution in [0, 0.1) is 25.6 Å². The van der Waals surface area contributed by atoms with Gasteiger partial charge in [-0.2, -0.15) is 5.10 Å². The van der Waals surface area contributed by atoms with Crippen molar-refractivity contribution in [2.45, 2.75) is 33.6 Å². The molecule has 0 spiro atoms. The third-order valence-electron chi connectivity index (χ3n) is 5.93. The molecule has 8 heteroatoms. The monoisotopic (exact) mass is 438 g/mol. The number of anilines is 2. The number of aryl methyl sites for hydroxylation is 2. The number of rotatable bonds is 2. The minimum atomic E-state index is -0.320. The van der Waals surface area contributed by atoms with Crippen LogP contribution in [0.4, 0.5) is 26.0 Å². The summed E-state index contributed by atoms with van der Waals surface area (Å²) in [6, 6.07) is 8.74. The lowest BCUT2D eigenvalue weighted by Crippen LogP contribution is -2.34. The maximum absolute atomic E-state index is 14.6. The summed E-state index contributed by atoms with van der Waals surface area (Å²) < 4.78 is 24.1. The van der Waals surface area contributed by atoms with Crippen molar-refractivity contribution in [2.75, 3.05) is 30.5 Å². The van der Waals surface area contributed by atoms with Crippen molar-refractivity contribution in [1.82, 2.24) is 15.2 Å². The second-order valence-corrected chi connectivity index (χ2v) is 8.29. The number of benzene rings is 1. The molecule has 3 aromatic rings. The molecule has 2 aromatic heterocycles. The van der Waals surface area contributed by atoms with E-state index in [4.69, 9.17) is 9.98 Å². The van der Waals surface area contributed by atoms with Gasteiger partial charge in [-0.15, -0.1) is 0 Å². The number of alkyl halides is 1. The lowest BCUT2D eigenvalue weighted by atomic mass is 10.00. The average Bonchev–Trinajstić information content (AvgIpc) is 3.06. The molecule has 5 rings (SSSR count). The van der Waals surface area contributed by atoms with Crippen LogP contribution in [0.3, 0.4) is 0 Å². The SMILES string of the molecule is CF.Cc1nc(N2CCCC(C)C2)cc2c1N=C(c1ccccc1F)Nc1c-2n[nH]c1C. The van der Waals surface area contributed by atoms with Crippen LogP contribution < -0.4 is 10.2 Å². The van der Waals surface area contributed by atoms with E-state index in [0.29, 0.717) is 24.5 Å². The summed E-state index contributed by atoms with van der Waals surface area (Å²) in [5.74, 6) is 1.74. The van der Waals surface area contributed by atoms with Gasteiger partial charge in [0.25, 0.3) is 0 Å². The highest BCUT2D eigenvalue weighted by Crippen LogP contribution is 2.42. The molecule has 0 bridgehead atoms. The summed E-state index contributed by atoms with van der Waals surface area (Å²) >= 11 is 0. The minimum Gasteiger partial charge on any atom is -0.356 e. The molecule has 1 atom stereocenters. The highest BCUT2D eigenvalue weighted by atomic mass is 19.1. The zero-order valence-corrected chi connectivity index (χ0v) is 18.8. The summed E-state index contributed by atoms with van der Waals surface area (Å²) in [7, 11) is 0.500. The normalized spacial score (nSPS) is 17.2. The summed E-state index contributed by atoms with van der Waals surface area (Å²) in [5, 5.41) is 10.9. The number of H-pyrrole nitrogens is 1. The van der Waals surface area contributed by atoms with E-state index >= 15 is 0 Å². The van der Waals surface area contributed by atoms with Gasteiger partial charge in [-0.05, 0) is 50.8 Å². The molecule has 0 aliphatic carbocycles. The van der Waals surface area contributed by atoms with E-state index < -0.39 is 0 Å². The lowest BCUT2D eigenvalue weighted by Gasteiger charge is -2.32. The summed E-state index contributed by atoms with van der Waals surface area (Å²) in [6.45, 7) is 8.20. The molecule has 0 saturated carbocycles. The molecule has 1 saturated heterocycles. The Bertz CT molecular complexity index is 1150. The highest BCUT2D eigenvalue weighted by Gasteiger charge is 2.26. The van der Waals surface area contributed by atoms with Crippen molar-refractivity contribution in [1.29, 1.82) is 0 Å². The fraction of sp³-hybridized carbons (Fsp3) is 0.375.